The third-order valence-electron chi connectivity index (χ3n) is 3.15. The number of hydrogen-bond acceptors (Lipinski definition) is 4. The maximum Gasteiger partial charge on any atom is 0.372 e. The van der Waals surface area contributed by atoms with Crippen LogP contribution in [0.15, 0.2) is 30.3 Å². The lowest BCUT2D eigenvalue weighted by atomic mass is 10.1. The minimum absolute atomic E-state index is 0.310. The summed E-state index contributed by atoms with van der Waals surface area (Å²) in [6, 6.07) is 8.66. The summed E-state index contributed by atoms with van der Waals surface area (Å²) in [6.07, 6.45) is 4.04. The van der Waals surface area contributed by atoms with E-state index in [1.165, 1.54) is 0 Å². The quantitative estimate of drug-likeness (QED) is 0.451. The van der Waals surface area contributed by atoms with Crippen LogP contribution in [-0.2, 0) is 20.1 Å². The van der Waals surface area contributed by atoms with Crippen LogP contribution in [0.1, 0.15) is 58.9 Å². The number of aliphatic hydroxyl groups is 1. The van der Waals surface area contributed by atoms with Crippen molar-refractivity contribution in [2.75, 3.05) is 6.61 Å². The van der Waals surface area contributed by atoms with Crippen molar-refractivity contribution in [1.29, 1.82) is 0 Å². The second kappa shape index (κ2) is 8.30. The van der Waals surface area contributed by atoms with Gasteiger partial charge in [0, 0.05) is 5.56 Å². The van der Waals surface area contributed by atoms with Gasteiger partial charge < -0.3 is 14.6 Å². The van der Waals surface area contributed by atoms with Crippen LogP contribution < -0.4 is 0 Å². The predicted molar refractivity (Wildman–Crippen MR) is 86.3 cm³/mol. The van der Waals surface area contributed by atoms with Crippen molar-refractivity contribution in [2.24, 2.45) is 0 Å². The van der Waals surface area contributed by atoms with Crippen molar-refractivity contribution >= 4 is 5.97 Å². The van der Waals surface area contributed by atoms with Crippen LogP contribution in [0.25, 0.3) is 0 Å². The molecule has 1 N–H and O–H groups in total. The summed E-state index contributed by atoms with van der Waals surface area (Å²) in [7, 11) is 0. The summed E-state index contributed by atoms with van der Waals surface area (Å²) in [6.45, 7) is 7.72. The molecule has 0 saturated heterocycles. The minimum atomic E-state index is -2.05. The maximum absolute atomic E-state index is 12.4. The lowest BCUT2D eigenvalue weighted by Crippen LogP contribution is -2.43. The van der Waals surface area contributed by atoms with E-state index in [1.807, 2.05) is 6.07 Å². The Balaban J connectivity index is 2.83. The van der Waals surface area contributed by atoms with Gasteiger partial charge in [-0.15, -0.1) is 0 Å². The van der Waals surface area contributed by atoms with Crippen molar-refractivity contribution in [3.8, 4) is 0 Å². The molecule has 4 heteroatoms. The first kappa shape index (κ1) is 18.7. The van der Waals surface area contributed by atoms with E-state index in [1.54, 1.807) is 45.0 Å². The SMILES string of the molecule is CCCCCCOC(O)(C(=O)OC(C)(C)C)c1ccccc1. The highest BCUT2D eigenvalue weighted by molar-refractivity contribution is 5.79. The molecular weight excluding hydrogens is 280 g/mol. The first-order chi connectivity index (χ1) is 10.3. The van der Waals surface area contributed by atoms with Crippen molar-refractivity contribution in [3.63, 3.8) is 0 Å². The molecule has 4 nitrogen and oxygen atoms in total. The van der Waals surface area contributed by atoms with E-state index in [4.69, 9.17) is 9.47 Å². The molecule has 1 unspecified atom stereocenters. The Morgan fingerprint density at radius 3 is 2.27 bits per heavy atom. The molecular formula is C18H28O4. The molecule has 0 aromatic heterocycles. The zero-order valence-electron chi connectivity index (χ0n) is 14.1. The number of carbonyl (C=O) groups excluding carboxylic acids is 1. The summed E-state index contributed by atoms with van der Waals surface area (Å²) >= 11 is 0. The Morgan fingerprint density at radius 2 is 1.73 bits per heavy atom. The summed E-state index contributed by atoms with van der Waals surface area (Å²) in [4.78, 5) is 12.4. The molecule has 1 rings (SSSR count). The third-order valence-corrected chi connectivity index (χ3v) is 3.15. The first-order valence-electron chi connectivity index (χ1n) is 7.95. The van der Waals surface area contributed by atoms with Crippen molar-refractivity contribution in [2.45, 2.75) is 64.8 Å². The highest BCUT2D eigenvalue weighted by atomic mass is 16.7. The monoisotopic (exact) mass is 308 g/mol. The van der Waals surface area contributed by atoms with Crippen molar-refractivity contribution in [1.82, 2.24) is 0 Å². The largest absolute Gasteiger partial charge is 0.456 e. The zero-order valence-corrected chi connectivity index (χ0v) is 14.1. The lowest BCUT2D eigenvalue weighted by Gasteiger charge is -2.30. The van der Waals surface area contributed by atoms with Crippen LogP contribution in [0.2, 0.25) is 0 Å². The van der Waals surface area contributed by atoms with E-state index in [9.17, 15) is 9.90 Å². The van der Waals surface area contributed by atoms with Crippen LogP contribution in [-0.4, -0.2) is 23.3 Å². The molecule has 22 heavy (non-hydrogen) atoms. The molecule has 0 bridgehead atoms. The number of esters is 1. The number of ether oxygens (including phenoxy) is 2. The van der Waals surface area contributed by atoms with Gasteiger partial charge in [0.05, 0.1) is 6.61 Å². The molecule has 0 aliphatic heterocycles. The number of hydrogen-bond donors (Lipinski definition) is 1. The van der Waals surface area contributed by atoms with Crippen molar-refractivity contribution in [3.05, 3.63) is 35.9 Å². The van der Waals surface area contributed by atoms with Gasteiger partial charge in [0.1, 0.15) is 5.60 Å². The van der Waals surface area contributed by atoms with E-state index in [-0.39, 0.29) is 0 Å². The number of benzene rings is 1. The van der Waals surface area contributed by atoms with E-state index in [0.717, 1.165) is 25.7 Å². The molecule has 1 aromatic rings. The van der Waals surface area contributed by atoms with Gasteiger partial charge in [-0.2, -0.15) is 0 Å². The molecule has 1 aromatic carbocycles. The zero-order chi connectivity index (χ0) is 16.6. The number of rotatable bonds is 8. The molecule has 0 fully saturated rings. The van der Waals surface area contributed by atoms with Gasteiger partial charge in [-0.25, -0.2) is 4.79 Å². The maximum atomic E-state index is 12.4. The van der Waals surface area contributed by atoms with Gasteiger partial charge in [-0.1, -0.05) is 56.5 Å². The Kier molecular flexibility index (Phi) is 7.04. The van der Waals surface area contributed by atoms with Crippen LogP contribution in [0, 0.1) is 0 Å². The van der Waals surface area contributed by atoms with Gasteiger partial charge in [-0.05, 0) is 27.2 Å². The molecule has 0 aliphatic carbocycles. The molecule has 0 radical (unpaired) electrons. The Bertz CT molecular complexity index is 450. The highest BCUT2D eigenvalue weighted by Crippen LogP contribution is 2.27. The normalized spacial score (nSPS) is 14.4. The average molecular weight is 308 g/mol. The molecule has 0 aliphatic rings. The van der Waals surface area contributed by atoms with Crippen LogP contribution >= 0.6 is 0 Å². The summed E-state index contributed by atoms with van der Waals surface area (Å²) in [5.74, 6) is -2.83. The summed E-state index contributed by atoms with van der Waals surface area (Å²) < 4.78 is 10.9. The van der Waals surface area contributed by atoms with Crippen molar-refractivity contribution < 1.29 is 19.4 Å². The fourth-order valence-corrected chi connectivity index (χ4v) is 2.02. The standard InChI is InChI=1S/C18H28O4/c1-5-6-7-11-14-21-18(20,15-12-9-8-10-13-15)16(19)22-17(2,3)4/h8-10,12-13,20H,5-7,11,14H2,1-4H3. The first-order valence-corrected chi connectivity index (χ1v) is 7.95. The van der Waals surface area contributed by atoms with Gasteiger partial charge in [0.25, 0.3) is 5.79 Å². The number of unbranched alkanes of at least 4 members (excludes halogenated alkanes) is 3. The minimum Gasteiger partial charge on any atom is -0.456 e. The average Bonchev–Trinajstić information content (AvgIpc) is 2.46. The topological polar surface area (TPSA) is 55.8 Å². The predicted octanol–water partition coefficient (Wildman–Crippen LogP) is 3.77. The van der Waals surface area contributed by atoms with Gasteiger partial charge in [-0.3, -0.25) is 0 Å². The second-order valence-electron chi connectivity index (χ2n) is 6.42. The van der Waals surface area contributed by atoms with E-state index in [2.05, 4.69) is 6.92 Å². The summed E-state index contributed by atoms with van der Waals surface area (Å²) in [5.41, 5.74) is -0.300. The van der Waals surface area contributed by atoms with Gasteiger partial charge in [0.2, 0.25) is 0 Å². The Hall–Kier alpha value is -1.39. The molecule has 0 heterocycles. The van der Waals surface area contributed by atoms with E-state index >= 15 is 0 Å². The molecule has 124 valence electrons. The fourth-order valence-electron chi connectivity index (χ4n) is 2.02. The fraction of sp³-hybridized carbons (Fsp3) is 0.611. The van der Waals surface area contributed by atoms with Gasteiger partial charge >= 0.3 is 5.97 Å². The lowest BCUT2D eigenvalue weighted by molar-refractivity contribution is -0.242. The van der Waals surface area contributed by atoms with E-state index in [0.29, 0.717) is 12.2 Å². The summed E-state index contributed by atoms with van der Waals surface area (Å²) in [5, 5.41) is 10.8. The smallest absolute Gasteiger partial charge is 0.372 e. The highest BCUT2D eigenvalue weighted by Gasteiger charge is 2.42. The third kappa shape index (κ3) is 5.78. The molecule has 1 atom stereocenters. The van der Waals surface area contributed by atoms with Crippen LogP contribution in [0.5, 0.6) is 0 Å². The van der Waals surface area contributed by atoms with Crippen LogP contribution in [0.4, 0.5) is 0 Å². The Labute approximate surface area is 133 Å². The number of carbonyl (C=O) groups is 1. The molecule has 0 spiro atoms. The second-order valence-corrected chi connectivity index (χ2v) is 6.42. The Morgan fingerprint density at radius 1 is 1.09 bits per heavy atom. The molecule has 0 amide bonds. The van der Waals surface area contributed by atoms with Gasteiger partial charge in [0.15, 0.2) is 0 Å². The molecule has 0 saturated carbocycles. The van der Waals surface area contributed by atoms with Crippen LogP contribution in [0.3, 0.4) is 0 Å². The van der Waals surface area contributed by atoms with E-state index < -0.39 is 17.4 Å².